The van der Waals surface area contributed by atoms with E-state index in [1.807, 2.05) is 11.8 Å². The van der Waals surface area contributed by atoms with Crippen LogP contribution in [0.5, 0.6) is 0 Å². The smallest absolute Gasteiger partial charge is 0.226 e. The van der Waals surface area contributed by atoms with Gasteiger partial charge in [-0.1, -0.05) is 13.8 Å². The fourth-order valence-electron chi connectivity index (χ4n) is 2.30. The Balaban J connectivity index is 1.92. The third-order valence-electron chi connectivity index (χ3n) is 3.80. The zero-order chi connectivity index (χ0) is 11.9. The summed E-state index contributed by atoms with van der Waals surface area (Å²) in [6.07, 6.45) is 1.02. The molecule has 0 radical (unpaired) electrons. The van der Waals surface area contributed by atoms with Crippen LogP contribution in [0.25, 0.3) is 0 Å². The van der Waals surface area contributed by atoms with Gasteiger partial charge in [0, 0.05) is 25.0 Å². The molecule has 4 heteroatoms. The molecular formula is C12H22N2O2. The lowest BCUT2D eigenvalue weighted by atomic mass is 10.1. The number of hydrogen-bond donors (Lipinski definition) is 1. The summed E-state index contributed by atoms with van der Waals surface area (Å²) in [6.45, 7) is 8.22. The van der Waals surface area contributed by atoms with Crippen molar-refractivity contribution >= 4 is 5.91 Å². The highest BCUT2D eigenvalue weighted by atomic mass is 16.5. The van der Waals surface area contributed by atoms with Crippen molar-refractivity contribution in [2.24, 2.45) is 17.1 Å². The lowest BCUT2D eigenvalue weighted by Gasteiger charge is -2.35. The number of nitrogens with zero attached hydrogens (tertiary/aromatic N) is 1. The van der Waals surface area contributed by atoms with Crippen LogP contribution in [0.3, 0.4) is 0 Å². The van der Waals surface area contributed by atoms with Gasteiger partial charge in [-0.25, -0.2) is 0 Å². The molecule has 3 atom stereocenters. The normalized spacial score (nSPS) is 34.6. The molecular weight excluding hydrogens is 204 g/mol. The minimum absolute atomic E-state index is 0.000405. The SMILES string of the molecule is C[C@H](N)[C@H]1CN(C(=O)[C@H]2CC2(C)C)CCO1. The van der Waals surface area contributed by atoms with E-state index in [2.05, 4.69) is 13.8 Å². The van der Waals surface area contributed by atoms with Gasteiger partial charge < -0.3 is 15.4 Å². The van der Waals surface area contributed by atoms with Crippen LogP contribution in [0.1, 0.15) is 27.2 Å². The van der Waals surface area contributed by atoms with Crippen LogP contribution in [0, 0.1) is 11.3 Å². The summed E-state index contributed by atoms with van der Waals surface area (Å²) in [4.78, 5) is 14.1. The van der Waals surface area contributed by atoms with E-state index in [-0.39, 0.29) is 23.5 Å². The molecule has 0 aromatic heterocycles. The molecule has 4 nitrogen and oxygen atoms in total. The lowest BCUT2D eigenvalue weighted by Crippen LogP contribution is -2.52. The van der Waals surface area contributed by atoms with E-state index < -0.39 is 0 Å². The maximum absolute atomic E-state index is 12.2. The van der Waals surface area contributed by atoms with Crippen molar-refractivity contribution in [3.8, 4) is 0 Å². The molecule has 0 spiro atoms. The molecule has 2 aliphatic rings. The van der Waals surface area contributed by atoms with Gasteiger partial charge in [0.2, 0.25) is 5.91 Å². The molecule has 16 heavy (non-hydrogen) atoms. The van der Waals surface area contributed by atoms with Crippen molar-refractivity contribution < 1.29 is 9.53 Å². The molecule has 0 bridgehead atoms. The number of rotatable bonds is 2. The number of nitrogens with two attached hydrogens (primary N) is 1. The molecule has 2 fully saturated rings. The Hall–Kier alpha value is -0.610. The van der Waals surface area contributed by atoms with Crippen LogP contribution in [0.4, 0.5) is 0 Å². The Morgan fingerprint density at radius 2 is 2.19 bits per heavy atom. The number of amides is 1. The summed E-state index contributed by atoms with van der Waals surface area (Å²) < 4.78 is 5.55. The molecule has 1 aliphatic carbocycles. The van der Waals surface area contributed by atoms with E-state index >= 15 is 0 Å². The fourth-order valence-corrected chi connectivity index (χ4v) is 2.30. The van der Waals surface area contributed by atoms with E-state index in [1.54, 1.807) is 0 Å². The van der Waals surface area contributed by atoms with Gasteiger partial charge in [-0.2, -0.15) is 0 Å². The average Bonchev–Trinajstić information content (AvgIpc) is 2.87. The lowest BCUT2D eigenvalue weighted by molar-refractivity contribution is -0.141. The van der Waals surface area contributed by atoms with Crippen molar-refractivity contribution in [1.82, 2.24) is 4.90 Å². The van der Waals surface area contributed by atoms with Crippen LogP contribution >= 0.6 is 0 Å². The summed E-state index contributed by atoms with van der Waals surface area (Å²) in [5.74, 6) is 0.512. The minimum Gasteiger partial charge on any atom is -0.373 e. The maximum atomic E-state index is 12.2. The van der Waals surface area contributed by atoms with Gasteiger partial charge in [0.25, 0.3) is 0 Å². The van der Waals surface area contributed by atoms with Gasteiger partial charge in [0.1, 0.15) is 0 Å². The monoisotopic (exact) mass is 226 g/mol. The van der Waals surface area contributed by atoms with Crippen molar-refractivity contribution in [3.63, 3.8) is 0 Å². The molecule has 2 rings (SSSR count). The maximum Gasteiger partial charge on any atom is 0.226 e. The van der Waals surface area contributed by atoms with Crippen LogP contribution in [-0.2, 0) is 9.53 Å². The number of carbonyl (C=O) groups excluding carboxylic acids is 1. The van der Waals surface area contributed by atoms with Gasteiger partial charge >= 0.3 is 0 Å². The standard InChI is InChI=1S/C12H22N2O2/c1-8(13)10-7-14(4-5-16-10)11(15)9-6-12(9,2)3/h8-10H,4-7,13H2,1-3H3/t8-,9+,10+/m0/s1. The van der Waals surface area contributed by atoms with Gasteiger partial charge in [-0.3, -0.25) is 4.79 Å². The van der Waals surface area contributed by atoms with Gasteiger partial charge in [0.15, 0.2) is 0 Å². The highest BCUT2D eigenvalue weighted by Crippen LogP contribution is 2.52. The zero-order valence-electron chi connectivity index (χ0n) is 10.4. The Morgan fingerprint density at radius 1 is 1.56 bits per heavy atom. The second-order valence-electron chi connectivity index (χ2n) is 5.80. The molecule has 92 valence electrons. The third kappa shape index (κ3) is 2.23. The quantitative estimate of drug-likeness (QED) is 0.750. The number of hydrogen-bond acceptors (Lipinski definition) is 3. The number of ether oxygens (including phenoxy) is 1. The third-order valence-corrected chi connectivity index (χ3v) is 3.80. The van der Waals surface area contributed by atoms with Crippen LogP contribution in [0.2, 0.25) is 0 Å². The minimum atomic E-state index is -0.0113. The summed E-state index contributed by atoms with van der Waals surface area (Å²) in [5.41, 5.74) is 6.02. The molecule has 1 heterocycles. The largest absolute Gasteiger partial charge is 0.373 e. The highest BCUT2D eigenvalue weighted by Gasteiger charge is 2.52. The second-order valence-corrected chi connectivity index (χ2v) is 5.80. The van der Waals surface area contributed by atoms with Crippen LogP contribution in [-0.4, -0.2) is 42.6 Å². The molecule has 0 aromatic carbocycles. The second kappa shape index (κ2) is 4.00. The number of carbonyl (C=O) groups is 1. The van der Waals surface area contributed by atoms with Gasteiger partial charge in [-0.15, -0.1) is 0 Å². The Morgan fingerprint density at radius 3 is 2.69 bits per heavy atom. The predicted molar refractivity (Wildman–Crippen MR) is 61.9 cm³/mol. The highest BCUT2D eigenvalue weighted by molar-refractivity contribution is 5.82. The summed E-state index contributed by atoms with van der Waals surface area (Å²) in [6, 6.07) is -0.0113. The van der Waals surface area contributed by atoms with Gasteiger partial charge in [0.05, 0.1) is 12.7 Å². The molecule has 0 aromatic rings. The zero-order valence-corrected chi connectivity index (χ0v) is 10.4. The fraction of sp³-hybridized carbons (Fsp3) is 0.917. The summed E-state index contributed by atoms with van der Waals surface area (Å²) in [7, 11) is 0. The molecule has 0 unspecified atom stereocenters. The van der Waals surface area contributed by atoms with Crippen molar-refractivity contribution in [2.75, 3.05) is 19.7 Å². The first-order valence-corrected chi connectivity index (χ1v) is 6.08. The number of morpholine rings is 1. The molecule has 1 aliphatic heterocycles. The first-order valence-electron chi connectivity index (χ1n) is 6.08. The van der Waals surface area contributed by atoms with Crippen LogP contribution in [0.15, 0.2) is 0 Å². The Bertz CT molecular complexity index is 289. The topological polar surface area (TPSA) is 55.6 Å². The molecule has 1 amide bonds. The Labute approximate surface area is 97.1 Å². The van der Waals surface area contributed by atoms with Gasteiger partial charge in [-0.05, 0) is 18.8 Å². The molecule has 2 N–H and O–H groups in total. The molecule has 1 saturated carbocycles. The Kier molecular flexibility index (Phi) is 2.97. The van der Waals surface area contributed by atoms with E-state index in [4.69, 9.17) is 10.5 Å². The van der Waals surface area contributed by atoms with E-state index in [0.29, 0.717) is 25.6 Å². The summed E-state index contributed by atoms with van der Waals surface area (Å²) >= 11 is 0. The van der Waals surface area contributed by atoms with Crippen molar-refractivity contribution in [1.29, 1.82) is 0 Å². The van der Waals surface area contributed by atoms with Crippen molar-refractivity contribution in [2.45, 2.75) is 39.3 Å². The van der Waals surface area contributed by atoms with E-state index in [0.717, 1.165) is 6.42 Å². The van der Waals surface area contributed by atoms with Crippen LogP contribution < -0.4 is 5.73 Å². The first kappa shape index (κ1) is 11.9. The average molecular weight is 226 g/mol. The van der Waals surface area contributed by atoms with E-state index in [9.17, 15) is 4.79 Å². The van der Waals surface area contributed by atoms with E-state index in [1.165, 1.54) is 0 Å². The first-order chi connectivity index (χ1) is 7.42. The van der Waals surface area contributed by atoms with Crippen molar-refractivity contribution in [3.05, 3.63) is 0 Å². The predicted octanol–water partition coefficient (Wildman–Crippen LogP) is 0.607. The summed E-state index contributed by atoms with van der Waals surface area (Å²) in [5, 5.41) is 0. The molecule has 1 saturated heterocycles.